The van der Waals surface area contributed by atoms with E-state index in [1.165, 1.54) is 12.3 Å². The van der Waals surface area contributed by atoms with E-state index >= 15 is 0 Å². The van der Waals surface area contributed by atoms with Gasteiger partial charge in [-0.2, -0.15) is 0 Å². The number of ether oxygens (including phenoxy) is 2. The van der Waals surface area contributed by atoms with Crippen LogP contribution in [0.15, 0.2) is 65.3 Å². The normalized spacial score (nSPS) is 16.7. The van der Waals surface area contributed by atoms with Gasteiger partial charge in [-0.15, -0.1) is 0 Å². The summed E-state index contributed by atoms with van der Waals surface area (Å²) in [5.41, 5.74) is 0.493. The van der Waals surface area contributed by atoms with Crippen LogP contribution in [0.1, 0.15) is 52.5 Å². The first kappa shape index (κ1) is 25.9. The smallest absolute Gasteiger partial charge is 0.350 e. The maximum absolute atomic E-state index is 13.3. The summed E-state index contributed by atoms with van der Waals surface area (Å²) in [6.07, 6.45) is 4.68. The molecule has 9 nitrogen and oxygen atoms in total. The number of furan rings is 1. The highest BCUT2D eigenvalue weighted by molar-refractivity contribution is 7.17. The monoisotopic (exact) mass is 522 g/mol. The van der Waals surface area contributed by atoms with Gasteiger partial charge in [0.15, 0.2) is 5.13 Å². The molecule has 0 radical (unpaired) electrons. The minimum Gasteiger partial charge on any atom is -0.507 e. The van der Waals surface area contributed by atoms with Crippen LogP contribution in [0.25, 0.3) is 5.76 Å². The summed E-state index contributed by atoms with van der Waals surface area (Å²) in [7, 11) is 0. The van der Waals surface area contributed by atoms with Crippen molar-refractivity contribution in [1.29, 1.82) is 0 Å². The number of rotatable bonds is 10. The van der Waals surface area contributed by atoms with Crippen LogP contribution in [0, 0.1) is 6.92 Å². The minimum atomic E-state index is -1.10. The number of ketones is 1. The second-order valence-corrected chi connectivity index (χ2v) is 9.19. The van der Waals surface area contributed by atoms with Crippen LogP contribution in [0.4, 0.5) is 5.13 Å². The van der Waals surface area contributed by atoms with Crippen LogP contribution in [0.3, 0.4) is 0 Å². The fourth-order valence-corrected chi connectivity index (χ4v) is 4.83. The standard InChI is InChI=1S/C27H26N2O7S/c1-4-6-13-34-18-10-7-9-17(15-18)22(30)20-21(19-11-8-14-35-19)29(25(32)23(20)31)27-28-16(3)24(37-27)26(33)36-12-5-2/h5,7-11,14-15,21,30H,2,4,6,12-13H2,1,3H3. The number of aryl methyl sites for hydroxylation is 1. The van der Waals surface area contributed by atoms with E-state index in [0.717, 1.165) is 29.1 Å². The lowest BCUT2D eigenvalue weighted by molar-refractivity contribution is -0.132. The average Bonchev–Trinajstić information content (AvgIpc) is 3.61. The Balaban J connectivity index is 1.78. The predicted molar refractivity (Wildman–Crippen MR) is 138 cm³/mol. The number of carbonyl (C=O) groups is 3. The number of unbranched alkanes of at least 4 members (excludes halogenated alkanes) is 1. The van der Waals surface area contributed by atoms with Gasteiger partial charge < -0.3 is 19.0 Å². The fourth-order valence-electron chi connectivity index (χ4n) is 3.84. The molecule has 37 heavy (non-hydrogen) atoms. The van der Waals surface area contributed by atoms with Crippen molar-refractivity contribution in [3.63, 3.8) is 0 Å². The molecular formula is C27H26N2O7S. The summed E-state index contributed by atoms with van der Waals surface area (Å²) < 4.78 is 16.4. The number of nitrogens with zero attached hydrogens (tertiary/aromatic N) is 2. The first-order valence-corrected chi connectivity index (χ1v) is 12.5. The van der Waals surface area contributed by atoms with Gasteiger partial charge >= 0.3 is 11.9 Å². The third-order valence-electron chi connectivity index (χ3n) is 5.64. The molecule has 0 bridgehead atoms. The number of aliphatic hydroxyl groups excluding tert-OH is 1. The third kappa shape index (κ3) is 5.19. The Bertz CT molecular complexity index is 1360. The number of thiazole rings is 1. The Morgan fingerprint density at radius 1 is 1.30 bits per heavy atom. The topological polar surface area (TPSA) is 119 Å². The lowest BCUT2D eigenvalue weighted by Gasteiger charge is -2.20. The Kier molecular flexibility index (Phi) is 7.88. The van der Waals surface area contributed by atoms with Gasteiger partial charge in [0.25, 0.3) is 5.78 Å². The number of aromatic nitrogens is 1. The SMILES string of the molecule is C=CCOC(=O)c1sc(N2C(=O)C(=O)C(=C(O)c3cccc(OCCCC)c3)C2c2ccco2)nc1C. The molecule has 4 rings (SSSR count). The molecule has 2 aromatic heterocycles. The van der Waals surface area contributed by atoms with Gasteiger partial charge in [-0.3, -0.25) is 14.5 Å². The third-order valence-corrected chi connectivity index (χ3v) is 6.78. The van der Waals surface area contributed by atoms with Gasteiger partial charge in [0.1, 0.15) is 34.8 Å². The number of carbonyl (C=O) groups excluding carboxylic acids is 3. The fraction of sp³-hybridized carbons (Fsp3) is 0.259. The molecule has 1 aliphatic rings. The molecule has 0 spiro atoms. The molecule has 10 heteroatoms. The van der Waals surface area contributed by atoms with Crippen LogP contribution in [0.5, 0.6) is 5.75 Å². The van der Waals surface area contributed by atoms with Gasteiger partial charge in [0.2, 0.25) is 0 Å². The molecule has 1 amide bonds. The highest BCUT2D eigenvalue weighted by Crippen LogP contribution is 2.44. The molecule has 1 atom stereocenters. The van der Waals surface area contributed by atoms with Gasteiger partial charge in [-0.1, -0.05) is 49.5 Å². The number of esters is 1. The second-order valence-electron chi connectivity index (χ2n) is 8.21. The molecule has 1 N–H and O–H groups in total. The van der Waals surface area contributed by atoms with Crippen molar-refractivity contribution in [2.75, 3.05) is 18.1 Å². The highest BCUT2D eigenvalue weighted by atomic mass is 32.1. The van der Waals surface area contributed by atoms with Gasteiger partial charge in [-0.05, 0) is 37.6 Å². The number of Topliss-reactive ketones (excluding diaryl/α,β-unsaturated/α-hetero) is 1. The van der Waals surface area contributed by atoms with E-state index in [2.05, 4.69) is 18.5 Å². The first-order valence-electron chi connectivity index (χ1n) is 11.7. The zero-order valence-electron chi connectivity index (χ0n) is 20.4. The molecule has 1 fully saturated rings. The number of benzene rings is 1. The molecule has 3 heterocycles. The van der Waals surface area contributed by atoms with Gasteiger partial charge in [0.05, 0.1) is 24.1 Å². The van der Waals surface area contributed by atoms with E-state index in [9.17, 15) is 19.5 Å². The summed E-state index contributed by atoms with van der Waals surface area (Å²) in [4.78, 5) is 44.7. The molecule has 0 saturated carbocycles. The number of hydrogen-bond acceptors (Lipinski definition) is 9. The summed E-state index contributed by atoms with van der Waals surface area (Å²) in [6.45, 7) is 7.71. The van der Waals surface area contributed by atoms with Crippen molar-refractivity contribution in [2.45, 2.75) is 32.7 Å². The maximum Gasteiger partial charge on any atom is 0.350 e. The van der Waals surface area contributed by atoms with Crippen molar-refractivity contribution in [1.82, 2.24) is 4.98 Å². The van der Waals surface area contributed by atoms with Crippen molar-refractivity contribution in [3.8, 4) is 5.75 Å². The molecular weight excluding hydrogens is 496 g/mol. The van der Waals surface area contributed by atoms with E-state index in [1.54, 1.807) is 43.3 Å². The van der Waals surface area contributed by atoms with Crippen molar-refractivity contribution < 1.29 is 33.4 Å². The Morgan fingerprint density at radius 2 is 2.11 bits per heavy atom. The van der Waals surface area contributed by atoms with Crippen LogP contribution >= 0.6 is 11.3 Å². The van der Waals surface area contributed by atoms with E-state index in [0.29, 0.717) is 23.6 Å². The van der Waals surface area contributed by atoms with Crippen LogP contribution in [-0.2, 0) is 14.3 Å². The molecule has 192 valence electrons. The van der Waals surface area contributed by atoms with E-state index in [-0.39, 0.29) is 33.7 Å². The first-order chi connectivity index (χ1) is 17.9. The lowest BCUT2D eigenvalue weighted by Crippen LogP contribution is -2.29. The Labute approximate surface area is 217 Å². The number of anilines is 1. The highest BCUT2D eigenvalue weighted by Gasteiger charge is 2.49. The minimum absolute atomic E-state index is 0.0175. The quantitative estimate of drug-likeness (QED) is 0.0965. The molecule has 0 aliphatic carbocycles. The van der Waals surface area contributed by atoms with Crippen molar-refractivity contribution in [2.24, 2.45) is 0 Å². The number of aliphatic hydroxyl groups is 1. The van der Waals surface area contributed by atoms with E-state index in [4.69, 9.17) is 13.9 Å². The lowest BCUT2D eigenvalue weighted by atomic mass is 9.99. The van der Waals surface area contributed by atoms with Crippen LogP contribution in [-0.4, -0.2) is 41.0 Å². The summed E-state index contributed by atoms with van der Waals surface area (Å²) >= 11 is 0.912. The molecule has 1 saturated heterocycles. The van der Waals surface area contributed by atoms with E-state index in [1.807, 2.05) is 0 Å². The predicted octanol–water partition coefficient (Wildman–Crippen LogP) is 5.19. The zero-order chi connectivity index (χ0) is 26.5. The maximum atomic E-state index is 13.3. The summed E-state index contributed by atoms with van der Waals surface area (Å²) in [5.74, 6) is -2.02. The molecule has 1 aromatic carbocycles. The number of amides is 1. The average molecular weight is 523 g/mol. The molecule has 1 unspecified atom stereocenters. The van der Waals surface area contributed by atoms with Crippen molar-refractivity contribution >= 4 is 39.9 Å². The van der Waals surface area contributed by atoms with Gasteiger partial charge in [0, 0.05) is 5.56 Å². The molecule has 1 aliphatic heterocycles. The second kappa shape index (κ2) is 11.3. The van der Waals surface area contributed by atoms with E-state index < -0.39 is 23.7 Å². The zero-order valence-corrected chi connectivity index (χ0v) is 21.2. The van der Waals surface area contributed by atoms with Crippen molar-refractivity contribution in [3.05, 3.63) is 82.8 Å². The Hall–Kier alpha value is -4.18. The summed E-state index contributed by atoms with van der Waals surface area (Å²) in [6, 6.07) is 8.79. The summed E-state index contributed by atoms with van der Waals surface area (Å²) in [5, 5.41) is 11.4. The number of hydrogen-bond donors (Lipinski definition) is 1. The Morgan fingerprint density at radius 3 is 2.81 bits per heavy atom. The van der Waals surface area contributed by atoms with Crippen LogP contribution in [0.2, 0.25) is 0 Å². The largest absolute Gasteiger partial charge is 0.507 e. The van der Waals surface area contributed by atoms with Crippen LogP contribution < -0.4 is 9.64 Å². The van der Waals surface area contributed by atoms with Gasteiger partial charge in [-0.25, -0.2) is 9.78 Å². The molecule has 3 aromatic rings.